The molecule has 3 heterocycles. The maximum atomic E-state index is 13.0. The Morgan fingerprint density at radius 2 is 1.71 bits per heavy atom. The lowest BCUT2D eigenvalue weighted by Gasteiger charge is -2.15. The average molecular weight is 428 g/mol. The van der Waals surface area contributed by atoms with E-state index in [-0.39, 0.29) is 10.0 Å². The zero-order valence-corrected chi connectivity index (χ0v) is 16.1. The fourth-order valence-corrected chi connectivity index (χ4v) is 5.36. The van der Waals surface area contributed by atoms with Crippen LogP contribution in [-0.4, -0.2) is 40.6 Å². The molecule has 2 aromatic heterocycles. The van der Waals surface area contributed by atoms with Gasteiger partial charge in [0, 0.05) is 24.0 Å². The van der Waals surface area contributed by atoms with Crippen molar-refractivity contribution in [1.29, 1.82) is 0 Å². The molecule has 0 radical (unpaired) electrons. The number of nitrogens with zero attached hydrogens (tertiary/aromatic N) is 4. The van der Waals surface area contributed by atoms with E-state index in [2.05, 4.69) is 10.1 Å². The van der Waals surface area contributed by atoms with Crippen molar-refractivity contribution in [2.75, 3.05) is 13.1 Å². The molecule has 0 bridgehead atoms. The maximum absolute atomic E-state index is 13.0. The molecule has 1 saturated heterocycles. The molecule has 11 heteroatoms. The third kappa shape index (κ3) is 3.45. The second kappa shape index (κ2) is 6.98. The van der Waals surface area contributed by atoms with Crippen molar-refractivity contribution < 1.29 is 21.6 Å². The molecule has 4 rings (SSSR count). The van der Waals surface area contributed by atoms with Crippen LogP contribution in [0.15, 0.2) is 46.8 Å². The third-order valence-electron chi connectivity index (χ3n) is 4.46. The molecule has 1 fully saturated rings. The van der Waals surface area contributed by atoms with Crippen LogP contribution in [0.4, 0.5) is 13.2 Å². The molecule has 6 nitrogen and oxygen atoms in total. The first kappa shape index (κ1) is 19.1. The molecule has 3 aromatic rings. The molecule has 0 unspecified atom stereocenters. The van der Waals surface area contributed by atoms with Crippen molar-refractivity contribution >= 4 is 21.4 Å². The van der Waals surface area contributed by atoms with Crippen LogP contribution in [0.5, 0.6) is 0 Å². The Bertz CT molecular complexity index is 1080. The molecule has 0 spiro atoms. The minimum absolute atomic E-state index is 0.0843. The van der Waals surface area contributed by atoms with Gasteiger partial charge in [-0.05, 0) is 31.0 Å². The van der Waals surface area contributed by atoms with Crippen LogP contribution < -0.4 is 0 Å². The highest BCUT2D eigenvalue weighted by atomic mass is 32.2. The Balaban J connectivity index is 1.61. The summed E-state index contributed by atoms with van der Waals surface area (Å²) in [5.74, 6) is 0. The van der Waals surface area contributed by atoms with E-state index in [1.807, 2.05) is 0 Å². The van der Waals surface area contributed by atoms with Crippen molar-refractivity contribution in [1.82, 2.24) is 19.1 Å². The Morgan fingerprint density at radius 1 is 1.04 bits per heavy atom. The number of thiazole rings is 1. The molecule has 0 N–H and O–H groups in total. The van der Waals surface area contributed by atoms with E-state index in [9.17, 15) is 21.6 Å². The molecular formula is C17H15F3N4O2S2. The van der Waals surface area contributed by atoms with Gasteiger partial charge in [-0.2, -0.15) is 22.6 Å². The highest BCUT2D eigenvalue weighted by Crippen LogP contribution is 2.32. The van der Waals surface area contributed by atoms with Gasteiger partial charge in [0.25, 0.3) is 0 Å². The first-order chi connectivity index (χ1) is 13.3. The Morgan fingerprint density at radius 3 is 2.36 bits per heavy atom. The van der Waals surface area contributed by atoms with Crippen LogP contribution in [-0.2, 0) is 16.2 Å². The predicted molar refractivity (Wildman–Crippen MR) is 97.7 cm³/mol. The molecule has 148 valence electrons. The fraction of sp³-hybridized carbons (Fsp3) is 0.294. The van der Waals surface area contributed by atoms with Crippen molar-refractivity contribution in [3.8, 4) is 16.4 Å². The van der Waals surface area contributed by atoms with Crippen LogP contribution >= 0.6 is 11.3 Å². The van der Waals surface area contributed by atoms with Crippen LogP contribution in [0.25, 0.3) is 16.4 Å². The van der Waals surface area contributed by atoms with Gasteiger partial charge in [-0.3, -0.25) is 0 Å². The molecule has 0 aliphatic carbocycles. The van der Waals surface area contributed by atoms with Gasteiger partial charge in [0.1, 0.15) is 0 Å². The monoisotopic (exact) mass is 428 g/mol. The molecule has 0 atom stereocenters. The van der Waals surface area contributed by atoms with Gasteiger partial charge in [0.15, 0.2) is 5.69 Å². The van der Waals surface area contributed by atoms with Gasteiger partial charge in [0.05, 0.1) is 16.8 Å². The summed E-state index contributed by atoms with van der Waals surface area (Å²) in [6.07, 6.45) is -1.76. The number of hydrogen-bond acceptors (Lipinski definition) is 5. The third-order valence-corrected chi connectivity index (χ3v) is 7.19. The fourth-order valence-electron chi connectivity index (χ4n) is 3.04. The summed E-state index contributed by atoms with van der Waals surface area (Å²) in [6.45, 7) is 1.04. The summed E-state index contributed by atoms with van der Waals surface area (Å²) >= 11 is 1.03. The largest absolute Gasteiger partial charge is 0.433 e. The second-order valence-corrected chi connectivity index (χ2v) is 9.05. The van der Waals surface area contributed by atoms with Crippen molar-refractivity contribution in [2.45, 2.75) is 23.9 Å². The lowest BCUT2D eigenvalue weighted by molar-refractivity contribution is -0.142. The van der Waals surface area contributed by atoms with Gasteiger partial charge in [-0.1, -0.05) is 12.1 Å². The molecule has 0 amide bonds. The van der Waals surface area contributed by atoms with Gasteiger partial charge in [0.2, 0.25) is 15.2 Å². The summed E-state index contributed by atoms with van der Waals surface area (Å²) in [6, 6.07) is 7.10. The first-order valence-electron chi connectivity index (χ1n) is 8.44. The number of sulfonamides is 1. The summed E-state index contributed by atoms with van der Waals surface area (Å²) in [5, 5.41) is 5.41. The summed E-state index contributed by atoms with van der Waals surface area (Å²) in [7, 11) is -3.51. The highest BCUT2D eigenvalue weighted by molar-refractivity contribution is 7.89. The van der Waals surface area contributed by atoms with Crippen molar-refractivity contribution in [3.63, 3.8) is 0 Å². The number of alkyl halides is 3. The van der Waals surface area contributed by atoms with E-state index in [1.165, 1.54) is 16.4 Å². The normalized spacial score (nSPS) is 16.0. The second-order valence-electron chi connectivity index (χ2n) is 6.28. The average Bonchev–Trinajstić information content (AvgIpc) is 3.41. The minimum atomic E-state index is -4.53. The Labute approximate surface area is 163 Å². The van der Waals surface area contributed by atoms with Gasteiger partial charge in [-0.15, -0.1) is 11.3 Å². The SMILES string of the molecule is O=S(=O)(c1ccc(-c2csc(-n3nccc3C(F)(F)F)n2)cc1)N1CCCC1. The Kier molecular flexibility index (Phi) is 4.76. The van der Waals surface area contributed by atoms with Crippen LogP contribution in [0, 0.1) is 0 Å². The lowest BCUT2D eigenvalue weighted by atomic mass is 10.2. The zero-order valence-electron chi connectivity index (χ0n) is 14.4. The van der Waals surface area contributed by atoms with E-state index in [0.717, 1.165) is 41.1 Å². The smallest absolute Gasteiger partial charge is 0.218 e. The molecule has 1 aliphatic rings. The summed E-state index contributed by atoms with van der Waals surface area (Å²) in [4.78, 5) is 4.42. The number of halogens is 3. The molecule has 1 aromatic carbocycles. The van der Waals surface area contributed by atoms with Gasteiger partial charge >= 0.3 is 6.18 Å². The minimum Gasteiger partial charge on any atom is -0.218 e. The van der Waals surface area contributed by atoms with E-state index in [1.54, 1.807) is 17.5 Å². The van der Waals surface area contributed by atoms with E-state index in [0.29, 0.717) is 24.3 Å². The van der Waals surface area contributed by atoms with E-state index >= 15 is 0 Å². The molecule has 0 saturated carbocycles. The lowest BCUT2D eigenvalue weighted by Crippen LogP contribution is -2.27. The zero-order chi connectivity index (χ0) is 19.9. The Hall–Kier alpha value is -2.24. The van der Waals surface area contributed by atoms with Crippen LogP contribution in [0.1, 0.15) is 18.5 Å². The maximum Gasteiger partial charge on any atom is 0.433 e. The van der Waals surface area contributed by atoms with Crippen LogP contribution in [0.3, 0.4) is 0 Å². The van der Waals surface area contributed by atoms with Crippen molar-refractivity contribution in [3.05, 3.63) is 47.6 Å². The topological polar surface area (TPSA) is 68.1 Å². The van der Waals surface area contributed by atoms with E-state index < -0.39 is 21.9 Å². The predicted octanol–water partition coefficient (Wildman–Crippen LogP) is 3.80. The highest BCUT2D eigenvalue weighted by Gasteiger charge is 2.35. The van der Waals surface area contributed by atoms with Gasteiger partial charge < -0.3 is 0 Å². The quantitative estimate of drug-likeness (QED) is 0.634. The number of benzene rings is 1. The van der Waals surface area contributed by atoms with Crippen molar-refractivity contribution in [2.24, 2.45) is 0 Å². The number of hydrogen-bond donors (Lipinski definition) is 0. The van der Waals surface area contributed by atoms with Gasteiger partial charge in [-0.25, -0.2) is 18.1 Å². The van der Waals surface area contributed by atoms with Crippen LogP contribution in [0.2, 0.25) is 0 Å². The molecule has 1 aliphatic heterocycles. The summed E-state index contributed by atoms with van der Waals surface area (Å²) in [5.41, 5.74) is 0.165. The summed E-state index contributed by atoms with van der Waals surface area (Å²) < 4.78 is 66.5. The standard InChI is InChI=1S/C17H15F3N4O2S2/c18-17(19,20)15-7-8-21-24(15)16-22-14(11-27-16)12-3-5-13(6-4-12)28(25,26)23-9-1-2-10-23/h3-8,11H,1-2,9-10H2. The number of aromatic nitrogens is 3. The number of rotatable bonds is 4. The molecular weight excluding hydrogens is 413 g/mol. The van der Waals surface area contributed by atoms with E-state index in [4.69, 9.17) is 0 Å². The first-order valence-corrected chi connectivity index (χ1v) is 10.8. The molecule has 28 heavy (non-hydrogen) atoms.